The number of carbonyl (C=O) groups is 1. The number of rotatable bonds is 7. The summed E-state index contributed by atoms with van der Waals surface area (Å²) in [5.74, 6) is 2.10. The molecule has 1 fully saturated rings. The number of hydrogen-bond acceptors (Lipinski definition) is 3. The third-order valence-electron chi connectivity index (χ3n) is 6.61. The second kappa shape index (κ2) is 9.98. The van der Waals surface area contributed by atoms with E-state index < -0.39 is 0 Å². The molecule has 2 N–H and O–H groups in total. The summed E-state index contributed by atoms with van der Waals surface area (Å²) < 4.78 is 6.07. The molecule has 1 aromatic heterocycles. The van der Waals surface area contributed by atoms with Crippen LogP contribution in [0.4, 0.5) is 5.69 Å². The quantitative estimate of drug-likeness (QED) is 0.372. The third-order valence-corrected chi connectivity index (χ3v) is 6.61. The highest BCUT2D eigenvalue weighted by molar-refractivity contribution is 6.06. The van der Waals surface area contributed by atoms with E-state index in [9.17, 15) is 4.79 Å². The van der Waals surface area contributed by atoms with Crippen LogP contribution >= 0.6 is 0 Å². The summed E-state index contributed by atoms with van der Waals surface area (Å²) in [7, 11) is 0. The van der Waals surface area contributed by atoms with Gasteiger partial charge < -0.3 is 15.0 Å². The van der Waals surface area contributed by atoms with E-state index in [1.54, 1.807) is 0 Å². The Bertz CT molecular complexity index is 1090. The molecule has 0 bridgehead atoms. The Morgan fingerprint density at radius 3 is 2.52 bits per heavy atom. The molecule has 0 spiro atoms. The lowest BCUT2D eigenvalue weighted by Gasteiger charge is -2.19. The number of ether oxygens (including phenoxy) is 1. The van der Waals surface area contributed by atoms with Gasteiger partial charge in [-0.2, -0.15) is 0 Å². The van der Waals surface area contributed by atoms with Gasteiger partial charge in [0.1, 0.15) is 11.6 Å². The smallest absolute Gasteiger partial charge is 0.255 e. The molecule has 1 aliphatic rings. The van der Waals surface area contributed by atoms with E-state index in [1.165, 1.54) is 37.7 Å². The Balaban J connectivity index is 1.60. The van der Waals surface area contributed by atoms with Crippen LogP contribution in [-0.4, -0.2) is 22.5 Å². The lowest BCUT2D eigenvalue weighted by Crippen LogP contribution is -2.15. The number of aromatic amines is 1. The van der Waals surface area contributed by atoms with Gasteiger partial charge in [0.2, 0.25) is 0 Å². The summed E-state index contributed by atoms with van der Waals surface area (Å²) in [6, 6.07) is 11.8. The van der Waals surface area contributed by atoms with Crippen molar-refractivity contribution in [2.75, 3.05) is 11.9 Å². The lowest BCUT2D eigenvalue weighted by atomic mass is 9.87. The first-order valence-corrected chi connectivity index (χ1v) is 12.4. The van der Waals surface area contributed by atoms with Crippen molar-refractivity contribution in [3.63, 3.8) is 0 Å². The fraction of sp³-hybridized carbons (Fsp3) is 0.500. The molecular formula is C28H37N3O2. The van der Waals surface area contributed by atoms with Crippen molar-refractivity contribution in [3.05, 3.63) is 53.3 Å². The van der Waals surface area contributed by atoms with Crippen LogP contribution in [-0.2, 0) is 5.41 Å². The summed E-state index contributed by atoms with van der Waals surface area (Å²) >= 11 is 0. The van der Waals surface area contributed by atoms with Gasteiger partial charge in [-0.1, -0.05) is 65.5 Å². The van der Waals surface area contributed by atoms with Crippen LogP contribution in [0.1, 0.15) is 100 Å². The van der Waals surface area contributed by atoms with Crippen LogP contribution in [0.3, 0.4) is 0 Å². The van der Waals surface area contributed by atoms with Gasteiger partial charge in [-0.05, 0) is 48.4 Å². The van der Waals surface area contributed by atoms with Crippen molar-refractivity contribution in [1.82, 2.24) is 9.97 Å². The monoisotopic (exact) mass is 447 g/mol. The maximum atomic E-state index is 13.1. The van der Waals surface area contributed by atoms with Crippen molar-refractivity contribution in [3.8, 4) is 5.75 Å². The first kappa shape index (κ1) is 23.3. The number of amides is 1. The van der Waals surface area contributed by atoms with Crippen LogP contribution in [0.5, 0.6) is 5.75 Å². The van der Waals surface area contributed by atoms with Crippen LogP contribution in [0.25, 0.3) is 11.0 Å². The average molecular weight is 448 g/mol. The predicted octanol–water partition coefficient (Wildman–Crippen LogP) is 7.34. The molecule has 4 rings (SSSR count). The van der Waals surface area contributed by atoms with Crippen LogP contribution in [0.15, 0.2) is 36.4 Å². The number of H-pyrrole nitrogens is 1. The van der Waals surface area contributed by atoms with Crippen LogP contribution in [0.2, 0.25) is 0 Å². The molecule has 0 unspecified atom stereocenters. The number of fused-ring (bicyclic) bond motifs is 1. The molecule has 33 heavy (non-hydrogen) atoms. The predicted molar refractivity (Wildman–Crippen MR) is 135 cm³/mol. The fourth-order valence-corrected chi connectivity index (χ4v) is 4.49. The normalized spacial score (nSPS) is 15.0. The van der Waals surface area contributed by atoms with Crippen molar-refractivity contribution < 1.29 is 9.53 Å². The maximum absolute atomic E-state index is 13.1. The average Bonchev–Trinajstić information content (AvgIpc) is 3.22. The van der Waals surface area contributed by atoms with Gasteiger partial charge in [0.25, 0.3) is 5.91 Å². The molecule has 1 heterocycles. The lowest BCUT2D eigenvalue weighted by molar-refractivity contribution is 0.102. The van der Waals surface area contributed by atoms with Gasteiger partial charge in [-0.25, -0.2) is 4.98 Å². The van der Waals surface area contributed by atoms with E-state index in [0.717, 1.165) is 29.7 Å². The molecule has 1 aliphatic carbocycles. The Hall–Kier alpha value is -2.82. The standard InChI is InChI=1S/C28H37N3O2/c1-5-6-16-33-25-18-23-22(29-26(30-23)19-10-8-7-9-11-19)17-24(25)31-27(32)20-12-14-21(15-13-20)28(2,3)4/h12-15,17-19H,5-11,16H2,1-4H3,(H,29,30)(H,31,32). The van der Waals surface area contributed by atoms with E-state index in [1.807, 2.05) is 36.4 Å². The van der Waals surface area contributed by atoms with Gasteiger partial charge in [0.05, 0.1) is 23.3 Å². The summed E-state index contributed by atoms with van der Waals surface area (Å²) in [4.78, 5) is 21.5. The number of nitrogens with zero attached hydrogens (tertiary/aromatic N) is 1. The first-order chi connectivity index (χ1) is 15.8. The zero-order valence-corrected chi connectivity index (χ0v) is 20.5. The number of hydrogen-bond donors (Lipinski definition) is 2. The molecule has 1 amide bonds. The number of anilines is 1. The van der Waals surface area contributed by atoms with Crippen molar-refractivity contribution in [2.24, 2.45) is 0 Å². The zero-order chi connectivity index (χ0) is 23.4. The van der Waals surface area contributed by atoms with E-state index >= 15 is 0 Å². The minimum absolute atomic E-state index is 0.0526. The van der Waals surface area contributed by atoms with Gasteiger partial charge in [0.15, 0.2) is 0 Å². The number of imidazole rings is 1. The largest absolute Gasteiger partial charge is 0.491 e. The van der Waals surface area contributed by atoms with Crippen LogP contribution < -0.4 is 10.1 Å². The van der Waals surface area contributed by atoms with Crippen LogP contribution in [0, 0.1) is 0 Å². The highest BCUT2D eigenvalue weighted by Gasteiger charge is 2.21. The topological polar surface area (TPSA) is 67.0 Å². The Kier molecular flexibility index (Phi) is 7.06. The molecule has 176 valence electrons. The zero-order valence-electron chi connectivity index (χ0n) is 20.5. The first-order valence-electron chi connectivity index (χ1n) is 12.4. The molecule has 5 nitrogen and oxygen atoms in total. The van der Waals surface area contributed by atoms with Crippen molar-refractivity contribution in [1.29, 1.82) is 0 Å². The maximum Gasteiger partial charge on any atom is 0.255 e. The fourth-order valence-electron chi connectivity index (χ4n) is 4.49. The van der Waals surface area contributed by atoms with Crippen molar-refractivity contribution >= 4 is 22.6 Å². The molecule has 0 aliphatic heterocycles. The minimum atomic E-state index is -0.137. The molecular weight excluding hydrogens is 410 g/mol. The Morgan fingerprint density at radius 1 is 1.12 bits per heavy atom. The molecule has 3 aromatic rings. The molecule has 0 saturated heterocycles. The highest BCUT2D eigenvalue weighted by atomic mass is 16.5. The Morgan fingerprint density at radius 2 is 1.85 bits per heavy atom. The van der Waals surface area contributed by atoms with Crippen molar-refractivity contribution in [2.45, 2.75) is 84.0 Å². The van der Waals surface area contributed by atoms with E-state index in [2.05, 4.69) is 38.0 Å². The van der Waals surface area contributed by atoms with Gasteiger partial charge in [-0.3, -0.25) is 4.79 Å². The third kappa shape index (κ3) is 5.58. The van der Waals surface area contributed by atoms with Gasteiger partial charge in [-0.15, -0.1) is 0 Å². The number of nitrogens with one attached hydrogen (secondary N) is 2. The molecule has 1 saturated carbocycles. The van der Waals surface area contributed by atoms with E-state index in [4.69, 9.17) is 9.72 Å². The number of benzene rings is 2. The second-order valence-corrected chi connectivity index (χ2v) is 10.3. The molecule has 0 atom stereocenters. The second-order valence-electron chi connectivity index (χ2n) is 10.3. The summed E-state index contributed by atoms with van der Waals surface area (Å²) in [5.41, 5.74) is 4.41. The highest BCUT2D eigenvalue weighted by Crippen LogP contribution is 2.35. The molecule has 0 radical (unpaired) electrons. The van der Waals surface area contributed by atoms with E-state index in [-0.39, 0.29) is 11.3 Å². The van der Waals surface area contributed by atoms with Gasteiger partial charge in [0, 0.05) is 17.5 Å². The summed E-state index contributed by atoms with van der Waals surface area (Å²) in [5, 5.41) is 3.08. The van der Waals surface area contributed by atoms with Gasteiger partial charge >= 0.3 is 0 Å². The van der Waals surface area contributed by atoms with E-state index in [0.29, 0.717) is 29.5 Å². The summed E-state index contributed by atoms with van der Waals surface area (Å²) in [6.45, 7) is 9.27. The number of unbranched alkanes of at least 4 members (excludes halogenated alkanes) is 1. The number of aromatic nitrogens is 2. The molecule has 5 heteroatoms. The minimum Gasteiger partial charge on any atom is -0.491 e. The molecule has 2 aromatic carbocycles. The summed E-state index contributed by atoms with van der Waals surface area (Å²) in [6.07, 6.45) is 8.25. The number of carbonyl (C=O) groups excluding carboxylic acids is 1. The SMILES string of the molecule is CCCCOc1cc2nc(C3CCCCC3)[nH]c2cc1NC(=O)c1ccc(C(C)(C)C)cc1. The Labute approximate surface area is 197 Å².